The number of nitrogens with zero attached hydrogens (tertiary/aromatic N) is 2. The standard InChI is InChI=1S/C13H15N3OS/c1-8(2)13-15-10(6-12(18)16-13)9-4-5-11(17-3)14-7-9/h4-8H,1-3H3,(H,15,16,18). The molecule has 2 heterocycles. The molecule has 0 saturated heterocycles. The van der Waals surface area contributed by atoms with E-state index in [0.717, 1.165) is 17.1 Å². The SMILES string of the molecule is COc1ccc(-c2cc(=S)nc(C(C)C)[nH]2)cn1. The Bertz CT molecular complexity index is 590. The molecular formula is C13H15N3OS. The van der Waals surface area contributed by atoms with Gasteiger partial charge in [0.1, 0.15) is 10.5 Å². The van der Waals surface area contributed by atoms with E-state index in [2.05, 4.69) is 28.8 Å². The first kappa shape index (κ1) is 12.7. The van der Waals surface area contributed by atoms with Crippen molar-refractivity contribution in [3.8, 4) is 17.1 Å². The van der Waals surface area contributed by atoms with Crippen LogP contribution in [0.25, 0.3) is 11.3 Å². The Morgan fingerprint density at radius 2 is 2.11 bits per heavy atom. The number of methoxy groups -OCH3 is 1. The largest absolute Gasteiger partial charge is 0.481 e. The molecule has 0 spiro atoms. The summed E-state index contributed by atoms with van der Waals surface area (Å²) >= 11 is 5.18. The fraction of sp³-hybridized carbons (Fsp3) is 0.308. The van der Waals surface area contributed by atoms with Crippen LogP contribution in [0.5, 0.6) is 5.88 Å². The molecular weight excluding hydrogens is 246 g/mol. The number of nitrogens with one attached hydrogen (secondary N) is 1. The Morgan fingerprint density at radius 1 is 1.33 bits per heavy atom. The number of H-pyrrole nitrogens is 1. The van der Waals surface area contributed by atoms with Crippen LogP contribution < -0.4 is 4.74 Å². The molecule has 2 rings (SSSR count). The predicted octanol–water partition coefficient (Wildman–Crippen LogP) is 3.33. The maximum Gasteiger partial charge on any atom is 0.212 e. The lowest BCUT2D eigenvalue weighted by atomic mass is 10.1. The van der Waals surface area contributed by atoms with E-state index in [9.17, 15) is 0 Å². The molecule has 0 unspecified atom stereocenters. The van der Waals surface area contributed by atoms with Crippen molar-refractivity contribution in [1.82, 2.24) is 15.0 Å². The smallest absolute Gasteiger partial charge is 0.212 e. The van der Waals surface area contributed by atoms with Crippen molar-refractivity contribution < 1.29 is 4.74 Å². The zero-order valence-electron chi connectivity index (χ0n) is 10.6. The highest BCUT2D eigenvalue weighted by Gasteiger charge is 2.05. The van der Waals surface area contributed by atoms with E-state index >= 15 is 0 Å². The fourth-order valence-electron chi connectivity index (χ4n) is 1.57. The molecule has 2 aromatic rings. The number of aromatic nitrogens is 3. The van der Waals surface area contributed by atoms with Crippen molar-refractivity contribution >= 4 is 12.2 Å². The molecule has 0 amide bonds. The molecule has 0 saturated carbocycles. The second kappa shape index (κ2) is 5.27. The van der Waals surface area contributed by atoms with Crippen LogP contribution in [0.4, 0.5) is 0 Å². The molecule has 0 fully saturated rings. The first-order valence-corrected chi connectivity index (χ1v) is 6.12. The van der Waals surface area contributed by atoms with Crippen molar-refractivity contribution in [3.63, 3.8) is 0 Å². The van der Waals surface area contributed by atoms with Gasteiger partial charge in [-0.3, -0.25) is 0 Å². The van der Waals surface area contributed by atoms with Gasteiger partial charge >= 0.3 is 0 Å². The molecule has 2 aromatic heterocycles. The lowest BCUT2D eigenvalue weighted by Gasteiger charge is -2.08. The summed E-state index contributed by atoms with van der Waals surface area (Å²) in [6, 6.07) is 5.60. The molecule has 0 atom stereocenters. The van der Waals surface area contributed by atoms with Gasteiger partial charge in [-0.15, -0.1) is 0 Å². The summed E-state index contributed by atoms with van der Waals surface area (Å²) in [5, 5.41) is 0. The zero-order valence-corrected chi connectivity index (χ0v) is 11.4. The van der Waals surface area contributed by atoms with Crippen LogP contribution in [-0.2, 0) is 0 Å². The predicted molar refractivity (Wildman–Crippen MR) is 73.3 cm³/mol. The van der Waals surface area contributed by atoms with E-state index in [-0.39, 0.29) is 0 Å². The fourth-order valence-corrected chi connectivity index (χ4v) is 1.78. The third kappa shape index (κ3) is 2.73. The van der Waals surface area contributed by atoms with Crippen molar-refractivity contribution in [2.24, 2.45) is 0 Å². The zero-order chi connectivity index (χ0) is 13.1. The van der Waals surface area contributed by atoms with Crippen molar-refractivity contribution in [2.45, 2.75) is 19.8 Å². The van der Waals surface area contributed by atoms with Gasteiger partial charge in [-0.2, -0.15) is 0 Å². The quantitative estimate of drug-likeness (QED) is 0.861. The lowest BCUT2D eigenvalue weighted by Crippen LogP contribution is -1.99. The van der Waals surface area contributed by atoms with E-state index in [1.807, 2.05) is 18.2 Å². The van der Waals surface area contributed by atoms with Gasteiger partial charge < -0.3 is 9.72 Å². The monoisotopic (exact) mass is 261 g/mol. The number of hydrogen-bond donors (Lipinski definition) is 1. The molecule has 4 nitrogen and oxygen atoms in total. The minimum atomic E-state index is 0.304. The van der Waals surface area contributed by atoms with Gasteiger partial charge in [-0.1, -0.05) is 26.1 Å². The number of aromatic amines is 1. The number of hydrogen-bond acceptors (Lipinski definition) is 4. The van der Waals surface area contributed by atoms with Crippen LogP contribution in [-0.4, -0.2) is 22.1 Å². The van der Waals surface area contributed by atoms with Crippen molar-refractivity contribution in [1.29, 1.82) is 0 Å². The van der Waals surface area contributed by atoms with Gasteiger partial charge in [-0.05, 0) is 12.1 Å². The van der Waals surface area contributed by atoms with E-state index in [1.165, 1.54) is 0 Å². The van der Waals surface area contributed by atoms with E-state index < -0.39 is 0 Å². The minimum Gasteiger partial charge on any atom is -0.481 e. The maximum atomic E-state index is 5.18. The van der Waals surface area contributed by atoms with Crippen LogP contribution in [0.1, 0.15) is 25.6 Å². The highest BCUT2D eigenvalue weighted by Crippen LogP contribution is 2.20. The van der Waals surface area contributed by atoms with Gasteiger partial charge in [0.05, 0.1) is 12.8 Å². The summed E-state index contributed by atoms with van der Waals surface area (Å²) in [4.78, 5) is 11.8. The van der Waals surface area contributed by atoms with E-state index in [1.54, 1.807) is 13.3 Å². The van der Waals surface area contributed by atoms with Gasteiger partial charge in [0.15, 0.2) is 0 Å². The molecule has 0 aliphatic heterocycles. The number of pyridine rings is 1. The first-order chi connectivity index (χ1) is 8.60. The number of rotatable bonds is 3. The summed E-state index contributed by atoms with van der Waals surface area (Å²) in [7, 11) is 1.60. The average Bonchev–Trinajstić information content (AvgIpc) is 2.38. The highest BCUT2D eigenvalue weighted by atomic mass is 32.1. The molecule has 0 aromatic carbocycles. The molecule has 18 heavy (non-hydrogen) atoms. The van der Waals surface area contributed by atoms with Gasteiger partial charge in [0.25, 0.3) is 0 Å². The second-order valence-corrected chi connectivity index (χ2v) is 4.68. The van der Waals surface area contributed by atoms with Crippen LogP contribution in [0.2, 0.25) is 0 Å². The first-order valence-electron chi connectivity index (χ1n) is 5.72. The van der Waals surface area contributed by atoms with Crippen LogP contribution in [0, 0.1) is 4.64 Å². The molecule has 5 heteroatoms. The second-order valence-electron chi connectivity index (χ2n) is 4.26. The van der Waals surface area contributed by atoms with Crippen LogP contribution in [0.15, 0.2) is 24.4 Å². The Kier molecular flexibility index (Phi) is 3.72. The third-order valence-electron chi connectivity index (χ3n) is 2.56. The van der Waals surface area contributed by atoms with Gasteiger partial charge in [-0.25, -0.2) is 9.97 Å². The van der Waals surface area contributed by atoms with E-state index in [4.69, 9.17) is 17.0 Å². The summed E-state index contributed by atoms with van der Waals surface area (Å²) < 4.78 is 5.62. The average molecular weight is 261 g/mol. The summed E-state index contributed by atoms with van der Waals surface area (Å²) in [5.74, 6) is 1.78. The van der Waals surface area contributed by atoms with Crippen LogP contribution >= 0.6 is 12.2 Å². The Balaban J connectivity index is 2.46. The van der Waals surface area contributed by atoms with E-state index in [0.29, 0.717) is 16.4 Å². The third-order valence-corrected chi connectivity index (χ3v) is 2.77. The van der Waals surface area contributed by atoms with Gasteiger partial charge in [0.2, 0.25) is 5.88 Å². The lowest BCUT2D eigenvalue weighted by molar-refractivity contribution is 0.398. The van der Waals surface area contributed by atoms with Crippen molar-refractivity contribution in [3.05, 3.63) is 34.9 Å². The normalized spacial score (nSPS) is 10.7. The Hall–Kier alpha value is -1.75. The summed E-state index contributed by atoms with van der Waals surface area (Å²) in [6.07, 6.45) is 1.75. The molecule has 1 N–H and O–H groups in total. The molecule has 0 aliphatic rings. The van der Waals surface area contributed by atoms with Crippen molar-refractivity contribution in [2.75, 3.05) is 7.11 Å². The molecule has 0 aliphatic carbocycles. The summed E-state index contributed by atoms with van der Waals surface area (Å²) in [6.45, 7) is 4.15. The molecule has 0 bridgehead atoms. The Labute approximate surface area is 111 Å². The topological polar surface area (TPSA) is 50.8 Å². The minimum absolute atomic E-state index is 0.304. The van der Waals surface area contributed by atoms with Crippen LogP contribution in [0.3, 0.4) is 0 Å². The summed E-state index contributed by atoms with van der Waals surface area (Å²) in [5.41, 5.74) is 1.89. The molecule has 0 radical (unpaired) electrons. The highest BCUT2D eigenvalue weighted by molar-refractivity contribution is 7.71. The Morgan fingerprint density at radius 3 is 2.67 bits per heavy atom. The molecule has 94 valence electrons. The number of ether oxygens (including phenoxy) is 1. The maximum absolute atomic E-state index is 5.18. The van der Waals surface area contributed by atoms with Gasteiger partial charge in [0, 0.05) is 23.7 Å².